The van der Waals surface area contributed by atoms with Crippen molar-refractivity contribution in [1.82, 2.24) is 0 Å². The zero-order valence-electron chi connectivity index (χ0n) is 19.3. The predicted molar refractivity (Wildman–Crippen MR) is 146 cm³/mol. The molecule has 4 aromatic carbocycles. The molecule has 0 nitrogen and oxygen atoms in total. The standard InChI is InChI=1S/C31H30S2/c1-3-9-21-19-23(15-17-29(21)32)31(24-16-18-30(33)22(20-24)10-4-2)27-13-7-5-11-25(27)26-12-6-8-14-28(26)31/h5-8,11-20,32-33H,3-4,9-10H2,1-2H3. The Bertz CT molecular complexity index is 1220. The van der Waals surface area contributed by atoms with Crippen molar-refractivity contribution in [2.24, 2.45) is 0 Å². The van der Waals surface area contributed by atoms with Crippen molar-refractivity contribution < 1.29 is 0 Å². The smallest absolute Gasteiger partial charge is 0.0713 e. The van der Waals surface area contributed by atoms with Gasteiger partial charge in [-0.05, 0) is 69.5 Å². The van der Waals surface area contributed by atoms with Gasteiger partial charge in [-0.3, -0.25) is 0 Å². The number of hydrogen-bond acceptors (Lipinski definition) is 2. The van der Waals surface area contributed by atoms with Crippen LogP contribution in [0.25, 0.3) is 11.1 Å². The third-order valence-electron chi connectivity index (χ3n) is 7.02. The largest absolute Gasteiger partial charge is 0.143 e. The summed E-state index contributed by atoms with van der Waals surface area (Å²) in [5.74, 6) is 0. The number of aryl methyl sites for hydroxylation is 2. The second kappa shape index (κ2) is 9.08. The van der Waals surface area contributed by atoms with Crippen LogP contribution in [0.3, 0.4) is 0 Å². The number of thiol groups is 2. The Morgan fingerprint density at radius 2 is 1.00 bits per heavy atom. The topological polar surface area (TPSA) is 0 Å². The first-order chi connectivity index (χ1) is 16.1. The van der Waals surface area contributed by atoms with Crippen LogP contribution in [0.4, 0.5) is 0 Å². The van der Waals surface area contributed by atoms with E-state index in [0.717, 1.165) is 35.5 Å². The summed E-state index contributed by atoms with van der Waals surface area (Å²) in [6, 6.07) is 31.6. The van der Waals surface area contributed by atoms with Gasteiger partial charge in [-0.1, -0.05) is 99.5 Å². The first-order valence-corrected chi connectivity index (χ1v) is 12.8. The summed E-state index contributed by atoms with van der Waals surface area (Å²) in [5.41, 5.74) is 10.3. The molecule has 0 heterocycles. The van der Waals surface area contributed by atoms with E-state index >= 15 is 0 Å². The SMILES string of the molecule is CCCc1cc(C2(c3ccc(S)c(CCC)c3)c3ccccc3-c3ccccc32)ccc1S. The third kappa shape index (κ3) is 3.55. The van der Waals surface area contributed by atoms with Crippen molar-refractivity contribution in [3.63, 3.8) is 0 Å². The monoisotopic (exact) mass is 466 g/mol. The van der Waals surface area contributed by atoms with Crippen LogP contribution in [0.2, 0.25) is 0 Å². The van der Waals surface area contributed by atoms with Gasteiger partial charge in [0.2, 0.25) is 0 Å². The Morgan fingerprint density at radius 3 is 1.42 bits per heavy atom. The molecule has 0 saturated heterocycles. The van der Waals surface area contributed by atoms with E-state index in [1.54, 1.807) is 0 Å². The molecule has 4 aromatic rings. The van der Waals surface area contributed by atoms with Crippen molar-refractivity contribution >= 4 is 25.3 Å². The minimum atomic E-state index is -0.360. The maximum Gasteiger partial charge on any atom is 0.0713 e. The van der Waals surface area contributed by atoms with Gasteiger partial charge < -0.3 is 0 Å². The molecule has 33 heavy (non-hydrogen) atoms. The molecule has 0 amide bonds. The van der Waals surface area contributed by atoms with Gasteiger partial charge in [0.1, 0.15) is 0 Å². The Balaban J connectivity index is 1.90. The average Bonchev–Trinajstić information content (AvgIpc) is 3.14. The molecule has 0 aliphatic heterocycles. The van der Waals surface area contributed by atoms with Crippen LogP contribution in [0.1, 0.15) is 60.1 Å². The Kier molecular flexibility index (Phi) is 6.16. The number of benzene rings is 4. The molecule has 0 N–H and O–H groups in total. The van der Waals surface area contributed by atoms with E-state index in [-0.39, 0.29) is 5.41 Å². The summed E-state index contributed by atoms with van der Waals surface area (Å²) < 4.78 is 0. The highest BCUT2D eigenvalue weighted by Crippen LogP contribution is 2.56. The summed E-state index contributed by atoms with van der Waals surface area (Å²) in [6.07, 6.45) is 4.27. The zero-order chi connectivity index (χ0) is 23.0. The molecule has 0 fully saturated rings. The molecule has 0 radical (unpaired) electrons. The van der Waals surface area contributed by atoms with E-state index in [9.17, 15) is 0 Å². The summed E-state index contributed by atoms with van der Waals surface area (Å²) >= 11 is 9.59. The lowest BCUT2D eigenvalue weighted by atomic mass is 9.67. The van der Waals surface area contributed by atoms with Gasteiger partial charge in [-0.15, -0.1) is 25.3 Å². The molecule has 0 saturated carbocycles. The summed E-state index contributed by atoms with van der Waals surface area (Å²) in [5, 5.41) is 0. The van der Waals surface area contributed by atoms with Crippen LogP contribution < -0.4 is 0 Å². The predicted octanol–water partition coefficient (Wildman–Crippen LogP) is 8.53. The van der Waals surface area contributed by atoms with E-state index in [1.807, 2.05) is 0 Å². The Morgan fingerprint density at radius 1 is 0.576 bits per heavy atom. The lowest BCUT2D eigenvalue weighted by molar-refractivity contribution is 0.755. The maximum absolute atomic E-state index is 4.79. The van der Waals surface area contributed by atoms with E-state index in [4.69, 9.17) is 25.3 Å². The first-order valence-electron chi connectivity index (χ1n) is 11.9. The zero-order valence-corrected chi connectivity index (χ0v) is 21.1. The van der Waals surface area contributed by atoms with Crippen LogP contribution in [0.5, 0.6) is 0 Å². The Labute approximate surface area is 208 Å². The lowest BCUT2D eigenvalue weighted by Gasteiger charge is -2.35. The van der Waals surface area contributed by atoms with Crippen LogP contribution in [-0.4, -0.2) is 0 Å². The van der Waals surface area contributed by atoms with Crippen molar-refractivity contribution in [1.29, 1.82) is 0 Å². The quantitative estimate of drug-likeness (QED) is 0.230. The Hall–Kier alpha value is -2.42. The van der Waals surface area contributed by atoms with Crippen molar-refractivity contribution in [2.45, 2.75) is 54.7 Å². The second-order valence-corrected chi connectivity index (χ2v) is 9.99. The van der Waals surface area contributed by atoms with Crippen LogP contribution in [0, 0.1) is 0 Å². The van der Waals surface area contributed by atoms with E-state index in [0.29, 0.717) is 0 Å². The molecule has 2 heteroatoms. The fourth-order valence-electron chi connectivity index (χ4n) is 5.60. The van der Waals surface area contributed by atoms with E-state index in [1.165, 1.54) is 44.5 Å². The molecule has 0 unspecified atom stereocenters. The van der Waals surface area contributed by atoms with E-state index in [2.05, 4.69) is 98.8 Å². The molecular weight excluding hydrogens is 436 g/mol. The van der Waals surface area contributed by atoms with Crippen LogP contribution in [0.15, 0.2) is 94.7 Å². The van der Waals surface area contributed by atoms with Gasteiger partial charge in [-0.2, -0.15) is 0 Å². The number of hydrogen-bond donors (Lipinski definition) is 2. The highest BCUT2D eigenvalue weighted by atomic mass is 32.1. The van der Waals surface area contributed by atoms with Crippen molar-refractivity contribution in [3.8, 4) is 11.1 Å². The minimum Gasteiger partial charge on any atom is -0.143 e. The second-order valence-electron chi connectivity index (χ2n) is 9.03. The van der Waals surface area contributed by atoms with Crippen molar-refractivity contribution in [3.05, 3.63) is 118 Å². The molecule has 1 aliphatic rings. The van der Waals surface area contributed by atoms with Gasteiger partial charge >= 0.3 is 0 Å². The van der Waals surface area contributed by atoms with E-state index < -0.39 is 0 Å². The highest BCUT2D eigenvalue weighted by molar-refractivity contribution is 7.80. The lowest BCUT2D eigenvalue weighted by Crippen LogP contribution is -2.29. The molecular formula is C31H30S2. The average molecular weight is 467 g/mol. The summed E-state index contributed by atoms with van der Waals surface area (Å²) in [6.45, 7) is 4.47. The van der Waals surface area contributed by atoms with Gasteiger partial charge in [0, 0.05) is 9.79 Å². The fourth-order valence-corrected chi connectivity index (χ4v) is 6.10. The van der Waals surface area contributed by atoms with Gasteiger partial charge in [0.05, 0.1) is 5.41 Å². The summed E-state index contributed by atoms with van der Waals surface area (Å²) in [4.78, 5) is 2.15. The molecule has 0 aromatic heterocycles. The highest BCUT2D eigenvalue weighted by Gasteiger charge is 2.46. The van der Waals surface area contributed by atoms with Crippen LogP contribution >= 0.6 is 25.3 Å². The van der Waals surface area contributed by atoms with Gasteiger partial charge in [-0.25, -0.2) is 0 Å². The van der Waals surface area contributed by atoms with Gasteiger partial charge in [0.25, 0.3) is 0 Å². The molecule has 0 atom stereocenters. The number of rotatable bonds is 6. The first kappa shape index (κ1) is 22.4. The van der Waals surface area contributed by atoms with Crippen molar-refractivity contribution in [2.75, 3.05) is 0 Å². The molecule has 5 rings (SSSR count). The molecule has 1 aliphatic carbocycles. The third-order valence-corrected chi connectivity index (χ3v) is 7.89. The van der Waals surface area contributed by atoms with Gasteiger partial charge in [0.15, 0.2) is 0 Å². The molecule has 0 spiro atoms. The normalized spacial score (nSPS) is 13.6. The molecule has 0 bridgehead atoms. The molecule has 166 valence electrons. The minimum absolute atomic E-state index is 0.360. The summed E-state index contributed by atoms with van der Waals surface area (Å²) in [7, 11) is 0. The fraction of sp³-hybridized carbons (Fsp3) is 0.226. The maximum atomic E-state index is 4.79. The van der Waals surface area contributed by atoms with Crippen LogP contribution in [-0.2, 0) is 18.3 Å². The number of fused-ring (bicyclic) bond motifs is 3.